The SMILES string of the molecule is CC(C)CCO[C@](C)(CO)C(=O)O. The van der Waals surface area contributed by atoms with Crippen LogP contribution in [0.1, 0.15) is 27.2 Å². The van der Waals surface area contributed by atoms with Gasteiger partial charge in [0.25, 0.3) is 0 Å². The highest BCUT2D eigenvalue weighted by molar-refractivity contribution is 5.77. The molecule has 0 spiro atoms. The maximum atomic E-state index is 10.6. The van der Waals surface area contributed by atoms with Crippen LogP contribution in [0.15, 0.2) is 0 Å². The molecule has 0 unspecified atom stereocenters. The van der Waals surface area contributed by atoms with Gasteiger partial charge < -0.3 is 14.9 Å². The fourth-order valence-corrected chi connectivity index (χ4v) is 0.695. The van der Waals surface area contributed by atoms with Gasteiger partial charge in [0, 0.05) is 6.61 Å². The first-order valence-electron chi connectivity index (χ1n) is 4.40. The van der Waals surface area contributed by atoms with E-state index in [4.69, 9.17) is 14.9 Å². The molecule has 0 amide bonds. The maximum absolute atomic E-state index is 10.6. The minimum absolute atomic E-state index is 0.362. The molecule has 0 radical (unpaired) electrons. The molecule has 0 saturated carbocycles. The summed E-state index contributed by atoms with van der Waals surface area (Å²) in [6.45, 7) is 5.29. The Balaban J connectivity index is 3.92. The lowest BCUT2D eigenvalue weighted by atomic mass is 10.1. The van der Waals surface area contributed by atoms with Crippen molar-refractivity contribution < 1.29 is 19.7 Å². The molecule has 0 heterocycles. The number of rotatable bonds is 6. The fraction of sp³-hybridized carbons (Fsp3) is 0.889. The third-order valence-corrected chi connectivity index (χ3v) is 1.87. The van der Waals surface area contributed by atoms with Crippen molar-refractivity contribution in [2.45, 2.75) is 32.8 Å². The van der Waals surface area contributed by atoms with Crippen LogP contribution in [0.25, 0.3) is 0 Å². The molecule has 0 bridgehead atoms. The van der Waals surface area contributed by atoms with Crippen LogP contribution >= 0.6 is 0 Å². The number of aliphatic hydroxyl groups excluding tert-OH is 1. The summed E-state index contributed by atoms with van der Waals surface area (Å²) in [6.07, 6.45) is 0.795. The van der Waals surface area contributed by atoms with Crippen molar-refractivity contribution in [2.75, 3.05) is 13.2 Å². The molecule has 4 nitrogen and oxygen atoms in total. The Labute approximate surface area is 78.5 Å². The second-order valence-corrected chi connectivity index (χ2v) is 3.73. The Morgan fingerprint density at radius 2 is 2.08 bits per heavy atom. The lowest BCUT2D eigenvalue weighted by Gasteiger charge is -2.23. The van der Waals surface area contributed by atoms with Crippen LogP contribution in [0, 0.1) is 5.92 Å². The highest BCUT2D eigenvalue weighted by atomic mass is 16.5. The van der Waals surface area contributed by atoms with Crippen molar-refractivity contribution in [3.63, 3.8) is 0 Å². The highest BCUT2D eigenvalue weighted by Crippen LogP contribution is 2.11. The van der Waals surface area contributed by atoms with Crippen molar-refractivity contribution in [3.05, 3.63) is 0 Å². The van der Waals surface area contributed by atoms with Gasteiger partial charge in [-0.05, 0) is 19.3 Å². The number of carbonyl (C=O) groups is 1. The van der Waals surface area contributed by atoms with E-state index in [0.29, 0.717) is 12.5 Å². The van der Waals surface area contributed by atoms with E-state index in [-0.39, 0.29) is 0 Å². The van der Waals surface area contributed by atoms with E-state index in [1.807, 2.05) is 13.8 Å². The molecular weight excluding hydrogens is 172 g/mol. The quantitative estimate of drug-likeness (QED) is 0.652. The Hall–Kier alpha value is -0.610. The standard InChI is InChI=1S/C9H18O4/c1-7(2)4-5-13-9(3,6-10)8(11)12/h7,10H,4-6H2,1-3H3,(H,11,12)/t9-/m1/s1. The van der Waals surface area contributed by atoms with E-state index in [0.717, 1.165) is 6.42 Å². The smallest absolute Gasteiger partial charge is 0.338 e. The molecule has 0 fully saturated rings. The highest BCUT2D eigenvalue weighted by Gasteiger charge is 2.33. The van der Waals surface area contributed by atoms with E-state index in [1.54, 1.807) is 0 Å². The largest absolute Gasteiger partial charge is 0.479 e. The molecule has 0 aliphatic heterocycles. The average molecular weight is 190 g/mol. The lowest BCUT2D eigenvalue weighted by molar-refractivity contribution is -0.169. The minimum Gasteiger partial charge on any atom is -0.479 e. The monoisotopic (exact) mass is 190 g/mol. The molecule has 78 valence electrons. The molecule has 4 heteroatoms. The topological polar surface area (TPSA) is 66.8 Å². The Bertz CT molecular complexity index is 167. The number of hydrogen-bond donors (Lipinski definition) is 2. The molecule has 0 aromatic carbocycles. The summed E-state index contributed by atoms with van der Waals surface area (Å²) in [7, 11) is 0. The van der Waals surface area contributed by atoms with Crippen molar-refractivity contribution in [1.29, 1.82) is 0 Å². The zero-order chi connectivity index (χ0) is 10.5. The van der Waals surface area contributed by atoms with Crippen molar-refractivity contribution >= 4 is 5.97 Å². The van der Waals surface area contributed by atoms with Crippen molar-refractivity contribution in [2.24, 2.45) is 5.92 Å². The van der Waals surface area contributed by atoms with Gasteiger partial charge in [0.1, 0.15) is 0 Å². The normalized spacial score (nSPS) is 15.8. The molecule has 0 aromatic heterocycles. The molecule has 0 aliphatic rings. The van der Waals surface area contributed by atoms with Crippen LogP contribution in [0.5, 0.6) is 0 Å². The van der Waals surface area contributed by atoms with Crippen LogP contribution in [0.2, 0.25) is 0 Å². The van der Waals surface area contributed by atoms with Gasteiger partial charge in [-0.15, -0.1) is 0 Å². The zero-order valence-corrected chi connectivity index (χ0v) is 8.41. The Morgan fingerprint density at radius 3 is 2.38 bits per heavy atom. The fourth-order valence-electron chi connectivity index (χ4n) is 0.695. The third kappa shape index (κ3) is 4.24. The number of aliphatic hydroxyl groups is 1. The Morgan fingerprint density at radius 1 is 1.54 bits per heavy atom. The summed E-state index contributed by atoms with van der Waals surface area (Å²) in [5.74, 6) is -0.657. The number of ether oxygens (including phenoxy) is 1. The first kappa shape index (κ1) is 12.4. The molecule has 0 aromatic rings. The molecule has 0 saturated heterocycles. The summed E-state index contributed by atoms with van der Waals surface area (Å²) in [6, 6.07) is 0. The van der Waals surface area contributed by atoms with Crippen molar-refractivity contribution in [1.82, 2.24) is 0 Å². The van der Waals surface area contributed by atoms with Gasteiger partial charge in [-0.3, -0.25) is 0 Å². The van der Waals surface area contributed by atoms with Gasteiger partial charge in [0.2, 0.25) is 0 Å². The molecule has 1 atom stereocenters. The predicted molar refractivity (Wildman–Crippen MR) is 48.5 cm³/mol. The average Bonchev–Trinajstić information content (AvgIpc) is 2.03. The van der Waals surface area contributed by atoms with E-state index in [2.05, 4.69) is 0 Å². The summed E-state index contributed by atoms with van der Waals surface area (Å²) < 4.78 is 5.10. The summed E-state index contributed by atoms with van der Waals surface area (Å²) in [4.78, 5) is 10.6. The van der Waals surface area contributed by atoms with E-state index in [1.165, 1.54) is 6.92 Å². The Kier molecular flexibility index (Phi) is 4.95. The van der Waals surface area contributed by atoms with E-state index in [9.17, 15) is 4.79 Å². The van der Waals surface area contributed by atoms with Crippen LogP contribution < -0.4 is 0 Å². The first-order valence-corrected chi connectivity index (χ1v) is 4.40. The summed E-state index contributed by atoms with van der Waals surface area (Å²) >= 11 is 0. The molecule has 0 rings (SSSR count). The van der Waals surface area contributed by atoms with Crippen LogP contribution in [0.4, 0.5) is 0 Å². The van der Waals surface area contributed by atoms with Gasteiger partial charge in [-0.1, -0.05) is 13.8 Å². The molecule has 0 aliphatic carbocycles. The first-order chi connectivity index (χ1) is 5.92. The summed E-state index contributed by atoms with van der Waals surface area (Å²) in [5, 5.41) is 17.5. The minimum atomic E-state index is -1.45. The predicted octanol–water partition coefficient (Wildman–Crippen LogP) is 0.885. The van der Waals surface area contributed by atoms with E-state index < -0.39 is 18.2 Å². The molecule has 2 N–H and O–H groups in total. The van der Waals surface area contributed by atoms with Gasteiger partial charge in [-0.2, -0.15) is 0 Å². The third-order valence-electron chi connectivity index (χ3n) is 1.87. The molecular formula is C9H18O4. The van der Waals surface area contributed by atoms with Crippen LogP contribution in [-0.4, -0.2) is 35.0 Å². The van der Waals surface area contributed by atoms with Crippen LogP contribution in [0.3, 0.4) is 0 Å². The van der Waals surface area contributed by atoms with E-state index >= 15 is 0 Å². The van der Waals surface area contributed by atoms with Crippen LogP contribution in [-0.2, 0) is 9.53 Å². The number of carboxylic acid groups (broad SMARTS) is 1. The second-order valence-electron chi connectivity index (χ2n) is 3.73. The number of hydrogen-bond acceptors (Lipinski definition) is 3. The van der Waals surface area contributed by atoms with Gasteiger partial charge >= 0.3 is 5.97 Å². The van der Waals surface area contributed by atoms with Crippen molar-refractivity contribution in [3.8, 4) is 0 Å². The maximum Gasteiger partial charge on any atom is 0.338 e. The van der Waals surface area contributed by atoms with Gasteiger partial charge in [0.05, 0.1) is 6.61 Å². The number of carboxylic acids is 1. The number of aliphatic carboxylic acids is 1. The molecule has 13 heavy (non-hydrogen) atoms. The summed E-state index contributed by atoms with van der Waals surface area (Å²) in [5.41, 5.74) is -1.45. The second kappa shape index (κ2) is 5.19. The van der Waals surface area contributed by atoms with Gasteiger partial charge in [-0.25, -0.2) is 4.79 Å². The lowest BCUT2D eigenvalue weighted by Crippen LogP contribution is -2.42. The zero-order valence-electron chi connectivity index (χ0n) is 8.41. The van der Waals surface area contributed by atoms with Gasteiger partial charge in [0.15, 0.2) is 5.60 Å².